The molecule has 1 aromatic rings. The lowest BCUT2D eigenvalue weighted by atomic mass is 10.1. The minimum atomic E-state index is -5.58. The van der Waals surface area contributed by atoms with Gasteiger partial charge in [0, 0.05) is 5.56 Å². The third kappa shape index (κ3) is 6.08. The molecule has 0 aliphatic carbocycles. The van der Waals surface area contributed by atoms with E-state index < -0.39 is 30.4 Å². The van der Waals surface area contributed by atoms with Gasteiger partial charge in [-0.1, -0.05) is 0 Å². The van der Waals surface area contributed by atoms with Crippen LogP contribution in [0.2, 0.25) is 0 Å². The molecule has 1 atom stereocenters. The van der Waals surface area contributed by atoms with Gasteiger partial charge in [-0.25, -0.2) is 9.13 Å². The minimum absolute atomic E-state index is 0. The van der Waals surface area contributed by atoms with Crippen molar-refractivity contribution in [3.63, 3.8) is 0 Å². The van der Waals surface area contributed by atoms with Gasteiger partial charge in [0.25, 0.3) is 0 Å². The monoisotopic (exact) mass is 353 g/mol. The van der Waals surface area contributed by atoms with Crippen molar-refractivity contribution in [3.8, 4) is 5.75 Å². The second kappa shape index (κ2) is 7.65. The second-order valence-electron chi connectivity index (χ2n) is 3.70. The number of ether oxygens (including phenoxy) is 2. The van der Waals surface area contributed by atoms with Gasteiger partial charge in [-0.15, -0.1) is 25.6 Å². The van der Waals surface area contributed by atoms with Crippen LogP contribution in [0, 0.1) is 0 Å². The number of nitrogens with two attached hydrogens (primary N) is 1. The molecule has 1 rings (SSSR count). The Bertz CT molecular complexity index is 494. The fourth-order valence-corrected chi connectivity index (χ4v) is 1.22. The number of alkyl halides is 6. The smallest absolute Gasteiger partial charge is 0.429 e. The molecule has 0 amide bonds. The van der Waals surface area contributed by atoms with Gasteiger partial charge in [0.1, 0.15) is 5.75 Å². The molecule has 0 radical (unpaired) electrons. The quantitative estimate of drug-likeness (QED) is 0.631. The van der Waals surface area contributed by atoms with Gasteiger partial charge in [-0.2, -0.15) is 8.78 Å². The van der Waals surface area contributed by atoms with Crippen molar-refractivity contribution >= 4 is 18.2 Å². The summed E-state index contributed by atoms with van der Waals surface area (Å²) in [6.07, 6.45) is -14.5. The molecule has 126 valence electrons. The first kappa shape index (κ1) is 20.5. The van der Waals surface area contributed by atoms with Crippen LogP contribution in [-0.2, 0) is 4.74 Å². The van der Waals surface area contributed by atoms with Gasteiger partial charge >= 0.3 is 18.8 Å². The number of ketones is 1. The maximum Gasteiger partial charge on any atom is 0.525 e. The van der Waals surface area contributed by atoms with Crippen LogP contribution >= 0.6 is 12.4 Å². The lowest BCUT2D eigenvalue weighted by molar-refractivity contribution is -0.411. The molecule has 0 heterocycles. The summed E-state index contributed by atoms with van der Waals surface area (Å²) in [6, 6.07) is 3.82. The van der Waals surface area contributed by atoms with Gasteiger partial charge in [-0.3, -0.25) is 4.79 Å². The number of benzene rings is 1. The molecule has 0 aliphatic rings. The van der Waals surface area contributed by atoms with Crippen molar-refractivity contribution in [2.75, 3.05) is 6.54 Å². The average molecular weight is 354 g/mol. The summed E-state index contributed by atoms with van der Waals surface area (Å²) in [6.45, 7) is -0.317. The molecule has 0 saturated heterocycles. The van der Waals surface area contributed by atoms with Crippen LogP contribution in [0.3, 0.4) is 0 Å². The standard InChI is InChI=1S/C11H9F6NO3.ClH/c12-9(21-11(15,16)17)10(13,14)20-7-3-1-6(2-4-7)8(19)5-18;/h1-4,9H,5,18H2;1H. The van der Waals surface area contributed by atoms with Crippen LogP contribution in [-0.4, -0.2) is 31.2 Å². The highest BCUT2D eigenvalue weighted by molar-refractivity contribution is 5.97. The zero-order chi connectivity index (χ0) is 16.3. The minimum Gasteiger partial charge on any atom is -0.429 e. The van der Waals surface area contributed by atoms with E-state index in [9.17, 15) is 31.1 Å². The molecule has 4 nitrogen and oxygen atoms in total. The summed E-state index contributed by atoms with van der Waals surface area (Å²) < 4.78 is 80.1. The molecule has 2 N–H and O–H groups in total. The van der Waals surface area contributed by atoms with Crippen LogP contribution in [0.4, 0.5) is 26.3 Å². The van der Waals surface area contributed by atoms with E-state index in [1.165, 1.54) is 0 Å². The van der Waals surface area contributed by atoms with Crippen LogP contribution in [0.1, 0.15) is 10.4 Å². The van der Waals surface area contributed by atoms with Crippen molar-refractivity contribution in [2.24, 2.45) is 5.73 Å². The summed E-state index contributed by atoms with van der Waals surface area (Å²) in [5.41, 5.74) is 5.15. The highest BCUT2D eigenvalue weighted by Crippen LogP contribution is 2.31. The molecule has 0 bridgehead atoms. The Morgan fingerprint density at radius 1 is 1.14 bits per heavy atom. The van der Waals surface area contributed by atoms with Crippen molar-refractivity contribution in [1.82, 2.24) is 0 Å². The zero-order valence-electron chi connectivity index (χ0n) is 10.6. The first-order valence-electron chi connectivity index (χ1n) is 5.34. The molecule has 22 heavy (non-hydrogen) atoms. The Labute approximate surface area is 126 Å². The Morgan fingerprint density at radius 2 is 1.64 bits per heavy atom. The number of carbonyl (C=O) groups is 1. The lowest BCUT2D eigenvalue weighted by Gasteiger charge is -2.22. The topological polar surface area (TPSA) is 61.6 Å². The first-order chi connectivity index (χ1) is 9.55. The van der Waals surface area contributed by atoms with Gasteiger partial charge in [-0.05, 0) is 24.3 Å². The van der Waals surface area contributed by atoms with E-state index in [-0.39, 0.29) is 24.5 Å². The first-order valence-corrected chi connectivity index (χ1v) is 5.34. The molecule has 0 fully saturated rings. The van der Waals surface area contributed by atoms with Crippen LogP contribution in [0.5, 0.6) is 5.75 Å². The maximum atomic E-state index is 13.0. The highest BCUT2D eigenvalue weighted by Gasteiger charge is 2.50. The Morgan fingerprint density at radius 3 is 2.05 bits per heavy atom. The average Bonchev–Trinajstić information content (AvgIpc) is 2.36. The van der Waals surface area contributed by atoms with Gasteiger partial charge in [0.2, 0.25) is 0 Å². The molecule has 11 heteroatoms. The van der Waals surface area contributed by atoms with Crippen molar-refractivity contribution in [1.29, 1.82) is 0 Å². The number of hydrogen-bond donors (Lipinski definition) is 1. The molecule has 1 unspecified atom stereocenters. The third-order valence-electron chi connectivity index (χ3n) is 2.12. The number of halogens is 7. The van der Waals surface area contributed by atoms with E-state index in [0.29, 0.717) is 0 Å². The third-order valence-corrected chi connectivity index (χ3v) is 2.12. The molecular formula is C11H10ClF6NO3. The summed E-state index contributed by atoms with van der Waals surface area (Å²) in [7, 11) is 0. The molecule has 0 aliphatic heterocycles. The summed E-state index contributed by atoms with van der Waals surface area (Å²) >= 11 is 0. The summed E-state index contributed by atoms with van der Waals surface area (Å²) in [4.78, 5) is 11.2. The number of carbonyl (C=O) groups excluding carboxylic acids is 1. The zero-order valence-corrected chi connectivity index (χ0v) is 11.4. The predicted octanol–water partition coefficient (Wildman–Crippen LogP) is 3.05. The van der Waals surface area contributed by atoms with Crippen LogP contribution in [0.15, 0.2) is 24.3 Å². The van der Waals surface area contributed by atoms with Gasteiger partial charge < -0.3 is 10.5 Å². The Balaban J connectivity index is 0.00000441. The largest absolute Gasteiger partial charge is 0.525 e. The van der Waals surface area contributed by atoms with Gasteiger partial charge in [0.15, 0.2) is 5.78 Å². The summed E-state index contributed by atoms with van der Waals surface area (Å²) in [5, 5.41) is 0. The van der Waals surface area contributed by atoms with Crippen molar-refractivity contribution < 1.29 is 40.6 Å². The maximum absolute atomic E-state index is 13.0. The van der Waals surface area contributed by atoms with E-state index in [4.69, 9.17) is 5.73 Å². The molecule has 0 aromatic heterocycles. The fraction of sp³-hybridized carbons (Fsp3) is 0.364. The number of hydrogen-bond acceptors (Lipinski definition) is 4. The molecule has 0 spiro atoms. The highest BCUT2D eigenvalue weighted by atomic mass is 35.5. The van der Waals surface area contributed by atoms with E-state index in [1.54, 1.807) is 0 Å². The van der Waals surface area contributed by atoms with E-state index >= 15 is 0 Å². The second-order valence-corrected chi connectivity index (χ2v) is 3.70. The Kier molecular flexibility index (Phi) is 7.13. The Hall–Kier alpha value is -1.52. The molecular weight excluding hydrogens is 344 g/mol. The van der Waals surface area contributed by atoms with E-state index in [2.05, 4.69) is 9.47 Å². The molecule has 0 saturated carbocycles. The van der Waals surface area contributed by atoms with E-state index in [0.717, 1.165) is 24.3 Å². The lowest BCUT2D eigenvalue weighted by Crippen LogP contribution is -2.41. The summed E-state index contributed by atoms with van der Waals surface area (Å²) in [5.74, 6) is -1.14. The van der Waals surface area contributed by atoms with E-state index in [1.807, 2.05) is 0 Å². The van der Waals surface area contributed by atoms with Crippen LogP contribution < -0.4 is 10.5 Å². The fourth-order valence-electron chi connectivity index (χ4n) is 1.22. The van der Waals surface area contributed by atoms with Crippen LogP contribution in [0.25, 0.3) is 0 Å². The SMILES string of the molecule is Cl.NCC(=O)c1ccc(OC(F)(F)C(F)OC(F)(F)F)cc1. The van der Waals surface area contributed by atoms with Crippen molar-refractivity contribution in [3.05, 3.63) is 29.8 Å². The van der Waals surface area contributed by atoms with Gasteiger partial charge in [0.05, 0.1) is 6.54 Å². The number of rotatable bonds is 6. The normalized spacial score (nSPS) is 13.2. The number of Topliss-reactive ketones (excluding diaryl/α,β-unsaturated/α-hetero) is 1. The molecule has 1 aromatic carbocycles. The predicted molar refractivity (Wildman–Crippen MR) is 64.7 cm³/mol. The van der Waals surface area contributed by atoms with Crippen molar-refractivity contribution in [2.45, 2.75) is 18.8 Å².